The topological polar surface area (TPSA) is 162 Å². The Bertz CT molecular complexity index is 3060. The number of rotatable bonds is 17. The lowest BCUT2D eigenvalue weighted by atomic mass is 9.90. The average Bonchev–Trinajstić information content (AvgIpc) is 1.62. The summed E-state index contributed by atoms with van der Waals surface area (Å²) in [7, 11) is 3.56. The van der Waals surface area contributed by atoms with Gasteiger partial charge in [-0.1, -0.05) is 52.0 Å². The van der Waals surface area contributed by atoms with Crippen LogP contribution in [-0.4, -0.2) is 203 Å². The molecule has 8 heterocycles. The summed E-state index contributed by atoms with van der Waals surface area (Å²) < 4.78 is 30.8. The smallest absolute Gasteiger partial charge is 0.254 e. The van der Waals surface area contributed by atoms with E-state index in [0.717, 1.165) is 73.2 Å². The predicted octanol–water partition coefficient (Wildman–Crippen LogP) is 4.44. The van der Waals surface area contributed by atoms with Gasteiger partial charge in [0.25, 0.3) is 11.1 Å². The van der Waals surface area contributed by atoms with Gasteiger partial charge in [-0.25, -0.2) is 8.78 Å². The summed E-state index contributed by atoms with van der Waals surface area (Å²) in [4.78, 5) is 101. The Kier molecular flexibility index (Phi) is 18.9. The Hall–Kier alpha value is -6.16. The summed E-state index contributed by atoms with van der Waals surface area (Å²) in [6.07, 6.45) is 2.76. The van der Waals surface area contributed by atoms with Crippen molar-refractivity contribution in [2.24, 2.45) is 14.1 Å². The normalized spacial score (nSPS) is 24.5. The lowest BCUT2D eigenvalue weighted by molar-refractivity contribution is -0.136. The molecule has 2 aromatic carbocycles. The van der Waals surface area contributed by atoms with Gasteiger partial charge in [0.2, 0.25) is 23.6 Å². The number of nitrogens with one attached hydrogen (secondary N) is 2. The van der Waals surface area contributed by atoms with Gasteiger partial charge in [0.1, 0.15) is 11.6 Å². The Morgan fingerprint density at radius 1 is 0.523 bits per heavy atom. The van der Waals surface area contributed by atoms with Crippen LogP contribution in [0.4, 0.5) is 20.2 Å². The third kappa shape index (κ3) is 13.7. The predicted molar refractivity (Wildman–Crippen MR) is 332 cm³/mol. The van der Waals surface area contributed by atoms with Gasteiger partial charge in [-0.15, -0.1) is 0 Å². The second-order valence-corrected chi connectivity index (χ2v) is 27.2. The number of hydrogen-bond donors (Lipinski definition) is 2. The number of nitrogens with zero attached hydrogens (tertiary/aromatic N) is 10. The lowest BCUT2D eigenvalue weighted by Crippen LogP contribution is -2.63. The van der Waals surface area contributed by atoms with Crippen LogP contribution in [0.25, 0.3) is 0 Å². The highest BCUT2D eigenvalue weighted by Gasteiger charge is 2.44. The molecule has 0 radical (unpaired) electrons. The number of aromatic nitrogens is 2. The number of carbonyl (C=O) groups is 4. The van der Waals surface area contributed by atoms with Gasteiger partial charge in [-0.3, -0.25) is 48.4 Å². The molecular formula is C66H92F2N12O6. The van der Waals surface area contributed by atoms with Gasteiger partial charge in [0.05, 0.1) is 35.9 Å². The number of carbonyl (C=O) groups excluding carboxylic acids is 4. The van der Waals surface area contributed by atoms with Crippen molar-refractivity contribution in [1.82, 2.24) is 49.2 Å². The minimum absolute atomic E-state index is 0.00776. The first kappa shape index (κ1) is 62.9. The SMILES string of the molecule is CC1CN(C(=O)CCCCC(=O)N2CCN(C[C@H]3CN[C@H](C)CN3CC(=O)N3CC(C)(C)c4c3cc(Cc3ccc(F)cc3)c(=O)n4C)C(C)C2)CCN1C[C@H]1CN[C@H](C)CN1CC(=O)N1CC(C)(C)c2c1cc(Cc1ccc(F)cc1)c(=O)n2C. The van der Waals surface area contributed by atoms with Crippen LogP contribution in [0.3, 0.4) is 0 Å². The number of unbranched alkanes of at least 4 members (excludes halogenated alkanes) is 1. The molecule has 4 amide bonds. The van der Waals surface area contributed by atoms with Crippen LogP contribution in [0, 0.1) is 11.6 Å². The van der Waals surface area contributed by atoms with Crippen molar-refractivity contribution in [3.63, 3.8) is 0 Å². The maximum atomic E-state index is 14.5. The van der Waals surface area contributed by atoms with Gasteiger partial charge >= 0.3 is 0 Å². The molecule has 6 atom stereocenters. The van der Waals surface area contributed by atoms with Crippen LogP contribution in [0.15, 0.2) is 70.3 Å². The van der Waals surface area contributed by atoms with E-state index in [1.54, 1.807) is 47.5 Å². The summed E-state index contributed by atoms with van der Waals surface area (Å²) in [6.45, 7) is 26.7. The van der Waals surface area contributed by atoms with E-state index in [0.29, 0.717) is 102 Å². The van der Waals surface area contributed by atoms with Gasteiger partial charge in [0, 0.05) is 190 Å². The highest BCUT2D eigenvalue weighted by molar-refractivity contribution is 5.98. The number of benzene rings is 2. The van der Waals surface area contributed by atoms with Crippen molar-refractivity contribution in [3.05, 3.63) is 127 Å². The minimum atomic E-state index is -0.439. The van der Waals surface area contributed by atoms with Gasteiger partial charge < -0.3 is 39.4 Å². The van der Waals surface area contributed by atoms with Crippen LogP contribution < -0.4 is 31.6 Å². The fourth-order valence-electron chi connectivity index (χ4n) is 14.8. The van der Waals surface area contributed by atoms with Crippen molar-refractivity contribution in [3.8, 4) is 0 Å². The molecule has 4 aromatic rings. The van der Waals surface area contributed by atoms with E-state index in [9.17, 15) is 37.5 Å². The highest BCUT2D eigenvalue weighted by Crippen LogP contribution is 2.42. The zero-order chi connectivity index (χ0) is 61.5. The standard InChI is InChI=1S/C66H92F2N12O6/c1-43-33-77(39-59(83)79-41-65(5,6)61-55(79)29-49(63(85)71(61)9)27-47-15-19-51(67)20-16-47)53(31-69-43)37-73-23-25-75(35-45(73)3)57(81)13-11-12-14-58(82)76-26-24-74(46(4)36-76)38-54-32-70-44(2)34-78(54)40-60(84)80-42-66(7,8)62-56(80)30-50(64(86)72(62)10)28-48-17-21-52(68)22-18-48/h15-22,29-30,43-46,53-54,69-70H,11-14,23-28,31-42H2,1-10H3/t43-,44-,45?,46?,53-,54-/m1/s1. The molecule has 2 N–H and O–H groups in total. The van der Waals surface area contributed by atoms with Gasteiger partial charge in [-0.2, -0.15) is 0 Å². The van der Waals surface area contributed by atoms with Crippen LogP contribution in [0.2, 0.25) is 0 Å². The van der Waals surface area contributed by atoms with E-state index in [4.69, 9.17) is 0 Å². The molecule has 2 aromatic heterocycles. The fraction of sp³-hybridized carbons (Fsp3) is 0.606. The van der Waals surface area contributed by atoms with Gasteiger partial charge in [0.15, 0.2) is 0 Å². The average molecular weight is 1190 g/mol. The molecule has 0 saturated carbocycles. The second kappa shape index (κ2) is 25.9. The zero-order valence-corrected chi connectivity index (χ0v) is 52.5. The molecule has 4 saturated heterocycles. The largest absolute Gasteiger partial charge is 0.340 e. The summed E-state index contributed by atoms with van der Waals surface area (Å²) in [5.41, 5.74) is 4.85. The van der Waals surface area contributed by atoms with Crippen LogP contribution in [0.1, 0.15) is 115 Å². The molecule has 10 rings (SSSR count). The molecule has 466 valence electrons. The van der Waals surface area contributed by atoms with E-state index >= 15 is 0 Å². The van der Waals surface area contributed by atoms with E-state index in [1.807, 2.05) is 31.7 Å². The molecule has 4 fully saturated rings. The van der Waals surface area contributed by atoms with E-state index in [2.05, 4.69) is 85.6 Å². The number of fused-ring (bicyclic) bond motifs is 2. The van der Waals surface area contributed by atoms with Crippen molar-refractivity contribution in [2.75, 3.05) is 115 Å². The highest BCUT2D eigenvalue weighted by atomic mass is 19.1. The summed E-state index contributed by atoms with van der Waals surface area (Å²) >= 11 is 0. The maximum absolute atomic E-state index is 14.5. The summed E-state index contributed by atoms with van der Waals surface area (Å²) in [6, 6.07) is 16.9. The quantitative estimate of drug-likeness (QED) is 0.143. The molecule has 6 aliphatic rings. The molecule has 6 aliphatic heterocycles. The van der Waals surface area contributed by atoms with E-state index < -0.39 is 10.8 Å². The van der Waals surface area contributed by atoms with E-state index in [-0.39, 0.29) is 95.7 Å². The van der Waals surface area contributed by atoms with Crippen LogP contribution in [0.5, 0.6) is 0 Å². The molecule has 0 bridgehead atoms. The van der Waals surface area contributed by atoms with Crippen LogP contribution in [-0.2, 0) is 56.9 Å². The van der Waals surface area contributed by atoms with Crippen molar-refractivity contribution >= 4 is 35.0 Å². The Balaban J connectivity index is 0.666. The van der Waals surface area contributed by atoms with Crippen LogP contribution >= 0.6 is 0 Å². The van der Waals surface area contributed by atoms with Crippen molar-refractivity contribution < 1.29 is 28.0 Å². The Morgan fingerprint density at radius 3 is 1.26 bits per heavy atom. The molecule has 2 unspecified atom stereocenters. The first-order valence-corrected chi connectivity index (χ1v) is 31.4. The summed E-state index contributed by atoms with van der Waals surface area (Å²) in [5, 5.41) is 7.28. The van der Waals surface area contributed by atoms with E-state index in [1.165, 1.54) is 24.3 Å². The monoisotopic (exact) mass is 1190 g/mol. The number of pyridine rings is 2. The Labute approximate surface area is 506 Å². The number of anilines is 2. The third-order valence-corrected chi connectivity index (χ3v) is 19.4. The molecule has 18 nitrogen and oxygen atoms in total. The first-order chi connectivity index (χ1) is 40.8. The lowest BCUT2D eigenvalue weighted by Gasteiger charge is -2.46. The minimum Gasteiger partial charge on any atom is -0.340 e. The first-order valence-electron chi connectivity index (χ1n) is 31.4. The number of halogens is 2. The zero-order valence-electron chi connectivity index (χ0n) is 52.5. The fourth-order valence-corrected chi connectivity index (χ4v) is 14.8. The third-order valence-electron chi connectivity index (χ3n) is 19.4. The molecule has 0 aliphatic carbocycles. The van der Waals surface area contributed by atoms with Crippen molar-refractivity contribution in [2.45, 2.75) is 141 Å². The number of hydrogen-bond acceptors (Lipinski definition) is 12. The molecule has 86 heavy (non-hydrogen) atoms. The Morgan fingerprint density at radius 2 is 0.895 bits per heavy atom. The molecule has 20 heteroatoms. The molecular weight excluding hydrogens is 1090 g/mol. The van der Waals surface area contributed by atoms with Gasteiger partial charge in [-0.05, 0) is 88.1 Å². The second-order valence-electron chi connectivity index (χ2n) is 27.2. The molecule has 0 spiro atoms. The number of amides is 4. The maximum Gasteiger partial charge on any atom is 0.254 e. The van der Waals surface area contributed by atoms with Crippen molar-refractivity contribution in [1.29, 1.82) is 0 Å². The number of piperazine rings is 4. The summed E-state index contributed by atoms with van der Waals surface area (Å²) in [5.74, 6) is -0.440.